The molecule has 0 radical (unpaired) electrons. The van der Waals surface area contributed by atoms with E-state index in [1.807, 2.05) is 48.5 Å². The minimum absolute atomic E-state index is 0.0722. The van der Waals surface area contributed by atoms with Gasteiger partial charge >= 0.3 is 0 Å². The first-order valence-electron chi connectivity index (χ1n) is 7.81. The number of fused-ring (bicyclic) bond motifs is 1. The van der Waals surface area contributed by atoms with Crippen molar-refractivity contribution in [2.75, 3.05) is 11.9 Å². The van der Waals surface area contributed by atoms with Crippen LogP contribution in [0.25, 0.3) is 10.8 Å². The molecule has 0 heterocycles. The number of benzene rings is 3. The van der Waals surface area contributed by atoms with Gasteiger partial charge in [0.25, 0.3) is 5.91 Å². The van der Waals surface area contributed by atoms with E-state index >= 15 is 0 Å². The van der Waals surface area contributed by atoms with Crippen LogP contribution in [-0.2, 0) is 4.79 Å². The maximum Gasteiger partial charge on any atom is 0.262 e. The Hall–Kier alpha value is -2.85. The number of carbonyl (C=O) groups excluding carboxylic acids is 1. The zero-order valence-electron chi connectivity index (χ0n) is 13.4. The molecule has 3 rings (SSSR count). The van der Waals surface area contributed by atoms with Crippen LogP contribution >= 0.6 is 0 Å². The van der Waals surface area contributed by atoms with E-state index in [1.54, 1.807) is 25.1 Å². The van der Waals surface area contributed by atoms with Crippen LogP contribution in [0.1, 0.15) is 18.6 Å². The number of hydrogen-bond donors (Lipinski definition) is 2. The molecule has 0 spiro atoms. The Morgan fingerprint density at radius 2 is 1.83 bits per heavy atom. The first-order chi connectivity index (χ1) is 11.6. The summed E-state index contributed by atoms with van der Waals surface area (Å²) in [5.41, 5.74) is 1.39. The highest BCUT2D eigenvalue weighted by molar-refractivity contribution is 5.92. The van der Waals surface area contributed by atoms with Crippen molar-refractivity contribution in [1.82, 2.24) is 0 Å². The van der Waals surface area contributed by atoms with Crippen LogP contribution in [0.2, 0.25) is 0 Å². The van der Waals surface area contributed by atoms with E-state index < -0.39 is 6.10 Å². The summed E-state index contributed by atoms with van der Waals surface area (Å²) in [6.45, 7) is 1.61. The number of ether oxygens (including phenoxy) is 1. The van der Waals surface area contributed by atoms with Crippen LogP contribution in [0.3, 0.4) is 0 Å². The van der Waals surface area contributed by atoms with Crippen LogP contribution in [0.15, 0.2) is 66.7 Å². The highest BCUT2D eigenvalue weighted by atomic mass is 16.5. The maximum absolute atomic E-state index is 12.0. The van der Waals surface area contributed by atoms with Gasteiger partial charge in [-0.05, 0) is 47.5 Å². The highest BCUT2D eigenvalue weighted by Crippen LogP contribution is 2.21. The smallest absolute Gasteiger partial charge is 0.262 e. The molecule has 0 unspecified atom stereocenters. The van der Waals surface area contributed by atoms with Gasteiger partial charge in [0.1, 0.15) is 5.75 Å². The number of carbonyl (C=O) groups is 1. The Morgan fingerprint density at radius 3 is 2.62 bits per heavy atom. The lowest BCUT2D eigenvalue weighted by Gasteiger charge is -2.10. The molecule has 1 amide bonds. The molecule has 24 heavy (non-hydrogen) atoms. The molecule has 0 saturated heterocycles. The molecule has 0 saturated carbocycles. The van der Waals surface area contributed by atoms with Gasteiger partial charge in [-0.15, -0.1) is 0 Å². The van der Waals surface area contributed by atoms with Crippen molar-refractivity contribution in [1.29, 1.82) is 0 Å². The summed E-state index contributed by atoms with van der Waals surface area (Å²) >= 11 is 0. The van der Waals surface area contributed by atoms with E-state index in [2.05, 4.69) is 5.32 Å². The molecular weight excluding hydrogens is 302 g/mol. The molecule has 4 nitrogen and oxygen atoms in total. The van der Waals surface area contributed by atoms with Gasteiger partial charge in [-0.25, -0.2) is 0 Å². The third-order valence-corrected chi connectivity index (χ3v) is 3.74. The zero-order chi connectivity index (χ0) is 16.9. The van der Waals surface area contributed by atoms with Gasteiger partial charge in [-0.3, -0.25) is 4.79 Å². The van der Waals surface area contributed by atoms with Gasteiger partial charge in [-0.2, -0.15) is 0 Å². The number of aliphatic hydroxyl groups is 1. The minimum Gasteiger partial charge on any atom is -0.484 e. The summed E-state index contributed by atoms with van der Waals surface area (Å²) in [5, 5.41) is 14.6. The van der Waals surface area contributed by atoms with Crippen molar-refractivity contribution in [2.24, 2.45) is 0 Å². The van der Waals surface area contributed by atoms with E-state index in [-0.39, 0.29) is 12.5 Å². The molecule has 1 atom stereocenters. The predicted molar refractivity (Wildman–Crippen MR) is 95.1 cm³/mol. The van der Waals surface area contributed by atoms with E-state index in [1.165, 1.54) is 0 Å². The Balaban J connectivity index is 1.61. The lowest BCUT2D eigenvalue weighted by molar-refractivity contribution is -0.118. The van der Waals surface area contributed by atoms with Gasteiger partial charge in [-0.1, -0.05) is 42.5 Å². The maximum atomic E-state index is 12.0. The lowest BCUT2D eigenvalue weighted by atomic mass is 10.1. The Morgan fingerprint density at radius 1 is 1.04 bits per heavy atom. The van der Waals surface area contributed by atoms with Gasteiger partial charge < -0.3 is 15.2 Å². The molecular formula is C20H19NO3. The average molecular weight is 321 g/mol. The summed E-state index contributed by atoms with van der Waals surface area (Å²) < 4.78 is 5.56. The third kappa shape index (κ3) is 3.91. The second-order valence-corrected chi connectivity index (χ2v) is 5.65. The summed E-state index contributed by atoms with van der Waals surface area (Å²) in [7, 11) is 0. The molecule has 0 aliphatic heterocycles. The number of rotatable bonds is 5. The van der Waals surface area contributed by atoms with Gasteiger partial charge in [0.15, 0.2) is 6.61 Å². The Kier molecular flexibility index (Phi) is 4.77. The number of amides is 1. The molecule has 3 aromatic rings. The molecule has 4 heteroatoms. The van der Waals surface area contributed by atoms with Crippen molar-refractivity contribution in [2.45, 2.75) is 13.0 Å². The zero-order valence-corrected chi connectivity index (χ0v) is 13.4. The van der Waals surface area contributed by atoms with Crippen LogP contribution < -0.4 is 10.1 Å². The van der Waals surface area contributed by atoms with Gasteiger partial charge in [0.05, 0.1) is 6.10 Å². The molecule has 0 bridgehead atoms. The lowest BCUT2D eigenvalue weighted by Crippen LogP contribution is -2.20. The number of hydrogen-bond acceptors (Lipinski definition) is 3. The fourth-order valence-electron chi connectivity index (χ4n) is 2.48. The summed E-state index contributed by atoms with van der Waals surface area (Å²) in [5.74, 6) is 0.410. The van der Waals surface area contributed by atoms with E-state index in [4.69, 9.17) is 4.74 Å². The molecule has 0 aromatic heterocycles. The number of nitrogens with one attached hydrogen (secondary N) is 1. The van der Waals surface area contributed by atoms with E-state index in [9.17, 15) is 9.90 Å². The summed E-state index contributed by atoms with van der Waals surface area (Å²) in [4.78, 5) is 12.0. The van der Waals surface area contributed by atoms with Crippen molar-refractivity contribution < 1.29 is 14.6 Å². The second kappa shape index (κ2) is 7.15. The van der Waals surface area contributed by atoms with Gasteiger partial charge in [0, 0.05) is 5.69 Å². The van der Waals surface area contributed by atoms with Gasteiger partial charge in [0.2, 0.25) is 0 Å². The van der Waals surface area contributed by atoms with Crippen LogP contribution in [0.5, 0.6) is 5.75 Å². The first-order valence-corrected chi connectivity index (χ1v) is 7.81. The molecule has 0 aliphatic carbocycles. The first kappa shape index (κ1) is 16.0. The van der Waals surface area contributed by atoms with Crippen LogP contribution in [-0.4, -0.2) is 17.6 Å². The number of anilines is 1. The average Bonchev–Trinajstić information content (AvgIpc) is 2.60. The standard InChI is InChI=1S/C20H19NO3/c1-14(22)16-7-4-8-18(11-16)21-20(23)13-24-19-10-9-15-5-2-3-6-17(15)12-19/h2-12,14,22H,13H2,1H3,(H,21,23)/t14-/m0/s1. The second-order valence-electron chi connectivity index (χ2n) is 5.65. The highest BCUT2D eigenvalue weighted by Gasteiger charge is 2.06. The monoisotopic (exact) mass is 321 g/mol. The largest absolute Gasteiger partial charge is 0.484 e. The summed E-state index contributed by atoms with van der Waals surface area (Å²) in [6.07, 6.45) is -0.573. The Bertz CT molecular complexity index is 858. The van der Waals surface area contributed by atoms with Crippen LogP contribution in [0, 0.1) is 0 Å². The quantitative estimate of drug-likeness (QED) is 0.749. The molecule has 3 aromatic carbocycles. The van der Waals surface area contributed by atoms with Crippen LogP contribution in [0.4, 0.5) is 5.69 Å². The molecule has 0 fully saturated rings. The fraction of sp³-hybridized carbons (Fsp3) is 0.150. The fourth-order valence-corrected chi connectivity index (χ4v) is 2.48. The topological polar surface area (TPSA) is 58.6 Å². The normalized spacial score (nSPS) is 11.9. The van der Waals surface area contributed by atoms with E-state index in [0.717, 1.165) is 16.3 Å². The van der Waals surface area contributed by atoms with Crippen molar-refractivity contribution in [3.05, 3.63) is 72.3 Å². The SMILES string of the molecule is C[C@H](O)c1cccc(NC(=O)COc2ccc3ccccc3c2)c1. The van der Waals surface area contributed by atoms with Crippen molar-refractivity contribution >= 4 is 22.4 Å². The molecule has 122 valence electrons. The van der Waals surface area contributed by atoms with Crippen molar-refractivity contribution in [3.63, 3.8) is 0 Å². The Labute approximate surface area is 140 Å². The molecule has 0 aliphatic rings. The summed E-state index contributed by atoms with van der Waals surface area (Å²) in [6, 6.07) is 20.8. The third-order valence-electron chi connectivity index (χ3n) is 3.74. The predicted octanol–water partition coefficient (Wildman–Crippen LogP) is 3.91. The molecule has 2 N–H and O–H groups in total. The van der Waals surface area contributed by atoms with E-state index in [0.29, 0.717) is 11.4 Å². The minimum atomic E-state index is -0.573. The number of aliphatic hydroxyl groups excluding tert-OH is 1. The van der Waals surface area contributed by atoms with Crippen molar-refractivity contribution in [3.8, 4) is 5.75 Å².